The molecule has 0 saturated heterocycles. The smallest absolute Gasteiger partial charge is 0.139 e. The normalized spacial score (nSPS) is 16.5. The first-order valence-corrected chi connectivity index (χ1v) is 7.14. The average Bonchev–Trinajstić information content (AvgIpc) is 3.20. The van der Waals surface area contributed by atoms with Gasteiger partial charge in [-0.1, -0.05) is 30.3 Å². The summed E-state index contributed by atoms with van der Waals surface area (Å²) in [5.74, 6) is 1.97. The second-order valence-electron chi connectivity index (χ2n) is 5.39. The molecule has 3 rings (SSSR count). The van der Waals surface area contributed by atoms with Crippen LogP contribution < -0.4 is 5.32 Å². The van der Waals surface area contributed by atoms with Gasteiger partial charge >= 0.3 is 0 Å². The van der Waals surface area contributed by atoms with E-state index in [0.29, 0.717) is 6.04 Å². The zero-order valence-electron chi connectivity index (χ0n) is 11.4. The summed E-state index contributed by atoms with van der Waals surface area (Å²) in [6, 6.07) is 11.0. The van der Waals surface area contributed by atoms with Crippen molar-refractivity contribution in [2.24, 2.45) is 5.92 Å². The van der Waals surface area contributed by atoms with E-state index in [2.05, 4.69) is 52.3 Å². The van der Waals surface area contributed by atoms with E-state index in [-0.39, 0.29) is 0 Å². The van der Waals surface area contributed by atoms with Crippen LogP contribution >= 0.6 is 0 Å². The summed E-state index contributed by atoms with van der Waals surface area (Å²) in [4.78, 5) is 4.47. The Morgan fingerprint density at radius 3 is 2.84 bits per heavy atom. The van der Waals surface area contributed by atoms with Gasteiger partial charge in [-0.3, -0.25) is 0 Å². The second kappa shape index (κ2) is 5.57. The van der Waals surface area contributed by atoms with Crippen LogP contribution in [0, 0.1) is 5.92 Å². The predicted molar refractivity (Wildman–Crippen MR) is 77.9 cm³/mol. The summed E-state index contributed by atoms with van der Waals surface area (Å²) in [7, 11) is 0. The van der Waals surface area contributed by atoms with Gasteiger partial charge in [0.1, 0.15) is 5.82 Å². The number of hydrogen-bond acceptors (Lipinski definition) is 2. The zero-order valence-corrected chi connectivity index (χ0v) is 11.4. The number of imidazole rings is 1. The van der Waals surface area contributed by atoms with Crippen LogP contribution in [0.3, 0.4) is 0 Å². The van der Waals surface area contributed by atoms with Crippen molar-refractivity contribution in [3.8, 4) is 11.4 Å². The van der Waals surface area contributed by atoms with Crippen LogP contribution in [0.15, 0.2) is 42.7 Å². The lowest BCUT2D eigenvalue weighted by Crippen LogP contribution is -2.30. The molecule has 2 aromatic rings. The summed E-state index contributed by atoms with van der Waals surface area (Å²) in [6.45, 7) is 4.28. The Hall–Kier alpha value is -1.61. The van der Waals surface area contributed by atoms with Crippen molar-refractivity contribution in [1.82, 2.24) is 14.9 Å². The third-order valence-corrected chi connectivity index (χ3v) is 3.90. The first-order valence-electron chi connectivity index (χ1n) is 7.14. The van der Waals surface area contributed by atoms with Crippen LogP contribution in [-0.2, 0) is 6.54 Å². The molecule has 19 heavy (non-hydrogen) atoms. The Morgan fingerprint density at radius 1 is 1.32 bits per heavy atom. The lowest BCUT2D eigenvalue weighted by Gasteiger charge is -2.14. The molecule has 0 spiro atoms. The Kier molecular flexibility index (Phi) is 3.65. The summed E-state index contributed by atoms with van der Waals surface area (Å²) in [6.07, 6.45) is 6.74. The quantitative estimate of drug-likeness (QED) is 0.860. The Balaban J connectivity index is 1.60. The molecule has 0 radical (unpaired) electrons. The van der Waals surface area contributed by atoms with Gasteiger partial charge in [-0.05, 0) is 25.7 Å². The molecule has 0 aliphatic heterocycles. The van der Waals surface area contributed by atoms with Crippen LogP contribution in [0.1, 0.15) is 19.8 Å². The molecule has 1 heterocycles. The summed E-state index contributed by atoms with van der Waals surface area (Å²) < 4.78 is 2.22. The minimum atomic E-state index is 0.656. The standard InChI is InChI=1S/C16H21N3/c1-13(14-7-8-14)17-9-11-19-12-10-18-16(19)15-5-3-2-4-6-15/h2-6,10,12-14,17H,7-9,11H2,1H3. The average molecular weight is 255 g/mol. The van der Waals surface area contributed by atoms with Crippen molar-refractivity contribution in [1.29, 1.82) is 0 Å². The first-order chi connectivity index (χ1) is 9.34. The van der Waals surface area contributed by atoms with Crippen molar-refractivity contribution >= 4 is 0 Å². The predicted octanol–water partition coefficient (Wildman–Crippen LogP) is 2.94. The largest absolute Gasteiger partial charge is 0.330 e. The monoisotopic (exact) mass is 255 g/mol. The van der Waals surface area contributed by atoms with Gasteiger partial charge in [0.05, 0.1) is 0 Å². The van der Waals surface area contributed by atoms with Crippen molar-refractivity contribution in [2.45, 2.75) is 32.4 Å². The fraction of sp³-hybridized carbons (Fsp3) is 0.438. The third-order valence-electron chi connectivity index (χ3n) is 3.90. The molecule has 100 valence electrons. The minimum Gasteiger partial charge on any atom is -0.330 e. The van der Waals surface area contributed by atoms with Gasteiger partial charge in [-0.2, -0.15) is 0 Å². The number of nitrogens with one attached hydrogen (secondary N) is 1. The van der Waals surface area contributed by atoms with E-state index < -0.39 is 0 Å². The highest BCUT2D eigenvalue weighted by Gasteiger charge is 2.27. The van der Waals surface area contributed by atoms with Crippen molar-refractivity contribution in [3.05, 3.63) is 42.7 Å². The van der Waals surface area contributed by atoms with Crippen molar-refractivity contribution in [3.63, 3.8) is 0 Å². The van der Waals surface area contributed by atoms with Crippen LogP contribution in [0.4, 0.5) is 0 Å². The molecule has 1 saturated carbocycles. The molecule has 0 amide bonds. The van der Waals surface area contributed by atoms with E-state index in [1.807, 2.05) is 12.3 Å². The Morgan fingerprint density at radius 2 is 2.11 bits per heavy atom. The number of hydrogen-bond donors (Lipinski definition) is 1. The Bertz CT molecular complexity index is 514. The van der Waals surface area contributed by atoms with Gasteiger partial charge in [-0.25, -0.2) is 4.98 Å². The van der Waals surface area contributed by atoms with Gasteiger partial charge in [-0.15, -0.1) is 0 Å². The number of rotatable bonds is 6. The summed E-state index contributed by atoms with van der Waals surface area (Å²) in [5.41, 5.74) is 1.18. The maximum absolute atomic E-state index is 4.47. The molecule has 1 atom stereocenters. The highest BCUT2D eigenvalue weighted by molar-refractivity contribution is 5.55. The molecular weight excluding hydrogens is 234 g/mol. The molecule has 3 nitrogen and oxygen atoms in total. The third kappa shape index (κ3) is 3.04. The molecule has 1 aliphatic rings. The van der Waals surface area contributed by atoms with E-state index in [9.17, 15) is 0 Å². The van der Waals surface area contributed by atoms with Gasteiger partial charge in [0, 0.05) is 37.1 Å². The number of benzene rings is 1. The van der Waals surface area contributed by atoms with Crippen LogP contribution in [0.2, 0.25) is 0 Å². The van der Waals surface area contributed by atoms with Crippen molar-refractivity contribution < 1.29 is 0 Å². The molecule has 1 aromatic carbocycles. The fourth-order valence-electron chi connectivity index (χ4n) is 2.51. The minimum absolute atomic E-state index is 0.656. The number of aromatic nitrogens is 2. The van der Waals surface area contributed by atoms with Gasteiger partial charge in [0.15, 0.2) is 0 Å². The zero-order chi connectivity index (χ0) is 13.1. The van der Waals surface area contributed by atoms with Crippen LogP contribution in [-0.4, -0.2) is 22.1 Å². The molecular formula is C16H21N3. The summed E-state index contributed by atoms with van der Waals surface area (Å²) in [5, 5.41) is 3.61. The van der Waals surface area contributed by atoms with Crippen molar-refractivity contribution in [2.75, 3.05) is 6.54 Å². The SMILES string of the molecule is CC(NCCn1ccnc1-c1ccccc1)C1CC1. The van der Waals surface area contributed by atoms with E-state index in [1.165, 1.54) is 18.4 Å². The molecule has 3 heteroatoms. The second-order valence-corrected chi connectivity index (χ2v) is 5.39. The Labute approximate surface area is 114 Å². The fourth-order valence-corrected chi connectivity index (χ4v) is 2.51. The molecule has 1 aliphatic carbocycles. The maximum atomic E-state index is 4.47. The lowest BCUT2D eigenvalue weighted by molar-refractivity contribution is 0.476. The molecule has 0 bridgehead atoms. The van der Waals surface area contributed by atoms with Crippen LogP contribution in [0.25, 0.3) is 11.4 Å². The molecule has 1 aromatic heterocycles. The lowest BCUT2D eigenvalue weighted by atomic mass is 10.2. The van der Waals surface area contributed by atoms with E-state index in [0.717, 1.165) is 24.8 Å². The highest BCUT2D eigenvalue weighted by atomic mass is 15.1. The molecule has 1 unspecified atom stereocenters. The van der Waals surface area contributed by atoms with Gasteiger partial charge < -0.3 is 9.88 Å². The van der Waals surface area contributed by atoms with E-state index in [4.69, 9.17) is 0 Å². The first kappa shape index (κ1) is 12.4. The van der Waals surface area contributed by atoms with E-state index in [1.54, 1.807) is 0 Å². The van der Waals surface area contributed by atoms with E-state index >= 15 is 0 Å². The molecule has 1 fully saturated rings. The van der Waals surface area contributed by atoms with Crippen LogP contribution in [0.5, 0.6) is 0 Å². The maximum Gasteiger partial charge on any atom is 0.139 e. The molecule has 1 N–H and O–H groups in total. The van der Waals surface area contributed by atoms with Gasteiger partial charge in [0.2, 0.25) is 0 Å². The van der Waals surface area contributed by atoms with Gasteiger partial charge in [0.25, 0.3) is 0 Å². The topological polar surface area (TPSA) is 29.9 Å². The number of nitrogens with zero attached hydrogens (tertiary/aromatic N) is 2. The summed E-state index contributed by atoms with van der Waals surface area (Å²) >= 11 is 0. The highest BCUT2D eigenvalue weighted by Crippen LogP contribution is 2.32.